The zero-order chi connectivity index (χ0) is 18.6. The summed E-state index contributed by atoms with van der Waals surface area (Å²) in [5.41, 5.74) is 0.547. The molecule has 7 heteroatoms. The molecule has 132 valence electrons. The summed E-state index contributed by atoms with van der Waals surface area (Å²) >= 11 is 6.06. The Morgan fingerprint density at radius 2 is 2.04 bits per heavy atom. The van der Waals surface area contributed by atoms with E-state index in [1.165, 1.54) is 12.3 Å². The van der Waals surface area contributed by atoms with Gasteiger partial charge in [0.15, 0.2) is 0 Å². The third-order valence-electron chi connectivity index (χ3n) is 4.36. The summed E-state index contributed by atoms with van der Waals surface area (Å²) in [6.45, 7) is 0. The van der Waals surface area contributed by atoms with Crippen LogP contribution >= 0.6 is 11.6 Å². The molecule has 1 aliphatic carbocycles. The molecule has 0 radical (unpaired) electrons. The highest BCUT2D eigenvalue weighted by Crippen LogP contribution is 2.31. The summed E-state index contributed by atoms with van der Waals surface area (Å²) in [4.78, 5) is 28.6. The second-order valence-corrected chi connectivity index (χ2v) is 6.65. The third-order valence-corrected chi connectivity index (χ3v) is 4.73. The first-order valence-electron chi connectivity index (χ1n) is 8.24. The summed E-state index contributed by atoms with van der Waals surface area (Å²) < 4.78 is 0. The quantitative estimate of drug-likeness (QED) is 0.847. The fourth-order valence-electron chi connectivity index (χ4n) is 2.73. The minimum Gasteiger partial charge on any atom is -0.332 e. The standard InChI is InChI=1S/C19H17ClN4O2/c20-15-5-2-1-4-13(15)10-17(25)23-14-6-9-22-16(11-14)18(26)24-19(12-21)7-3-8-19/h1-2,4-6,9,11H,3,7-8,10H2,(H,24,26)(H,22,23,25). The summed E-state index contributed by atoms with van der Waals surface area (Å²) in [5, 5.41) is 15.2. The molecule has 0 saturated heterocycles. The highest BCUT2D eigenvalue weighted by molar-refractivity contribution is 6.31. The predicted octanol–water partition coefficient (Wildman–Crippen LogP) is 3.09. The van der Waals surface area contributed by atoms with Gasteiger partial charge in [-0.25, -0.2) is 0 Å². The number of rotatable bonds is 5. The average Bonchev–Trinajstić information content (AvgIpc) is 2.60. The maximum absolute atomic E-state index is 12.3. The lowest BCUT2D eigenvalue weighted by molar-refractivity contribution is -0.115. The van der Waals surface area contributed by atoms with E-state index < -0.39 is 11.4 Å². The molecule has 1 aromatic carbocycles. The summed E-state index contributed by atoms with van der Waals surface area (Å²) in [6, 6.07) is 12.4. The number of amides is 2. The highest BCUT2D eigenvalue weighted by atomic mass is 35.5. The van der Waals surface area contributed by atoms with E-state index in [4.69, 9.17) is 11.6 Å². The van der Waals surface area contributed by atoms with Gasteiger partial charge in [-0.1, -0.05) is 29.8 Å². The van der Waals surface area contributed by atoms with Gasteiger partial charge in [0.1, 0.15) is 11.2 Å². The van der Waals surface area contributed by atoms with Gasteiger partial charge < -0.3 is 10.6 Å². The fourth-order valence-corrected chi connectivity index (χ4v) is 2.93. The van der Waals surface area contributed by atoms with Gasteiger partial charge in [0.05, 0.1) is 12.5 Å². The van der Waals surface area contributed by atoms with Crippen LogP contribution in [-0.4, -0.2) is 22.3 Å². The van der Waals surface area contributed by atoms with Crippen LogP contribution in [0.5, 0.6) is 0 Å². The Morgan fingerprint density at radius 3 is 2.69 bits per heavy atom. The van der Waals surface area contributed by atoms with E-state index in [9.17, 15) is 14.9 Å². The van der Waals surface area contributed by atoms with Crippen molar-refractivity contribution in [2.24, 2.45) is 0 Å². The van der Waals surface area contributed by atoms with Crippen LogP contribution in [-0.2, 0) is 11.2 Å². The zero-order valence-electron chi connectivity index (χ0n) is 14.0. The SMILES string of the molecule is N#CC1(NC(=O)c2cc(NC(=O)Cc3ccccc3Cl)ccn2)CCC1. The van der Waals surface area contributed by atoms with Gasteiger partial charge >= 0.3 is 0 Å². The maximum atomic E-state index is 12.3. The van der Waals surface area contributed by atoms with E-state index >= 15 is 0 Å². The van der Waals surface area contributed by atoms with Crippen LogP contribution in [0.4, 0.5) is 5.69 Å². The van der Waals surface area contributed by atoms with Crippen molar-refractivity contribution in [1.82, 2.24) is 10.3 Å². The average molecular weight is 369 g/mol. The molecule has 0 unspecified atom stereocenters. The number of pyridine rings is 1. The van der Waals surface area contributed by atoms with Gasteiger partial charge in [-0.05, 0) is 43.0 Å². The van der Waals surface area contributed by atoms with Crippen molar-refractivity contribution in [3.05, 3.63) is 58.9 Å². The largest absolute Gasteiger partial charge is 0.332 e. The molecule has 0 atom stereocenters. The normalized spacial score (nSPS) is 14.6. The smallest absolute Gasteiger partial charge is 0.271 e. The Bertz CT molecular complexity index is 887. The molecule has 2 aromatic rings. The second kappa shape index (κ2) is 7.54. The van der Waals surface area contributed by atoms with Crippen molar-refractivity contribution in [2.45, 2.75) is 31.2 Å². The fraction of sp³-hybridized carbons (Fsp3) is 0.263. The van der Waals surface area contributed by atoms with Crippen LogP contribution in [0.2, 0.25) is 5.02 Å². The lowest BCUT2D eigenvalue weighted by Gasteiger charge is -2.35. The highest BCUT2D eigenvalue weighted by Gasteiger charge is 2.39. The molecule has 3 rings (SSSR count). The topological polar surface area (TPSA) is 94.9 Å². The summed E-state index contributed by atoms with van der Waals surface area (Å²) in [5.74, 6) is -0.670. The Kier molecular flexibility index (Phi) is 5.19. The van der Waals surface area contributed by atoms with Crippen molar-refractivity contribution in [2.75, 3.05) is 5.32 Å². The number of aromatic nitrogens is 1. The van der Waals surface area contributed by atoms with E-state index in [0.29, 0.717) is 23.6 Å². The van der Waals surface area contributed by atoms with Crippen LogP contribution in [0.15, 0.2) is 42.6 Å². The second-order valence-electron chi connectivity index (χ2n) is 6.25. The number of hydrogen-bond donors (Lipinski definition) is 2. The van der Waals surface area contributed by atoms with E-state index in [0.717, 1.165) is 12.0 Å². The number of nitriles is 1. The zero-order valence-corrected chi connectivity index (χ0v) is 14.7. The van der Waals surface area contributed by atoms with E-state index in [-0.39, 0.29) is 18.0 Å². The number of carbonyl (C=O) groups is 2. The van der Waals surface area contributed by atoms with Crippen molar-refractivity contribution in [3.8, 4) is 6.07 Å². The summed E-state index contributed by atoms with van der Waals surface area (Å²) in [6.07, 6.45) is 3.77. The van der Waals surface area contributed by atoms with E-state index in [1.807, 2.05) is 6.07 Å². The minimum atomic E-state index is -0.790. The first kappa shape index (κ1) is 17.9. The lowest BCUT2D eigenvalue weighted by atomic mass is 9.78. The number of carbonyl (C=O) groups excluding carboxylic acids is 2. The molecule has 0 aliphatic heterocycles. The molecule has 1 aromatic heterocycles. The van der Waals surface area contributed by atoms with Crippen LogP contribution in [0.1, 0.15) is 35.3 Å². The molecule has 26 heavy (non-hydrogen) atoms. The molecule has 6 nitrogen and oxygen atoms in total. The molecular weight excluding hydrogens is 352 g/mol. The van der Waals surface area contributed by atoms with Gasteiger partial charge in [0.2, 0.25) is 5.91 Å². The van der Waals surface area contributed by atoms with Crippen molar-refractivity contribution < 1.29 is 9.59 Å². The number of benzene rings is 1. The van der Waals surface area contributed by atoms with Gasteiger partial charge in [-0.2, -0.15) is 5.26 Å². The third kappa shape index (κ3) is 4.01. The maximum Gasteiger partial charge on any atom is 0.271 e. The Labute approximate surface area is 156 Å². The Balaban J connectivity index is 1.65. The summed E-state index contributed by atoms with van der Waals surface area (Å²) in [7, 11) is 0. The monoisotopic (exact) mass is 368 g/mol. The molecule has 0 bridgehead atoms. The Morgan fingerprint density at radius 1 is 1.27 bits per heavy atom. The molecule has 1 heterocycles. The van der Waals surface area contributed by atoms with Crippen molar-refractivity contribution >= 4 is 29.1 Å². The van der Waals surface area contributed by atoms with E-state index in [1.54, 1.807) is 24.3 Å². The van der Waals surface area contributed by atoms with E-state index in [2.05, 4.69) is 21.7 Å². The molecule has 1 saturated carbocycles. The molecule has 1 fully saturated rings. The molecule has 0 spiro atoms. The molecule has 2 N–H and O–H groups in total. The van der Waals surface area contributed by atoms with Crippen LogP contribution in [0.25, 0.3) is 0 Å². The van der Waals surface area contributed by atoms with Gasteiger partial charge in [-0.3, -0.25) is 14.6 Å². The van der Waals surface area contributed by atoms with Gasteiger partial charge in [0.25, 0.3) is 5.91 Å². The number of nitrogens with one attached hydrogen (secondary N) is 2. The Hall–Kier alpha value is -2.91. The minimum absolute atomic E-state index is 0.126. The first-order valence-corrected chi connectivity index (χ1v) is 8.62. The van der Waals surface area contributed by atoms with Crippen LogP contribution in [0, 0.1) is 11.3 Å². The van der Waals surface area contributed by atoms with Gasteiger partial charge in [-0.15, -0.1) is 0 Å². The van der Waals surface area contributed by atoms with Crippen molar-refractivity contribution in [1.29, 1.82) is 5.26 Å². The predicted molar refractivity (Wildman–Crippen MR) is 97.7 cm³/mol. The number of halogens is 1. The van der Waals surface area contributed by atoms with Crippen LogP contribution < -0.4 is 10.6 Å². The molecule has 1 aliphatic rings. The lowest BCUT2D eigenvalue weighted by Crippen LogP contribution is -2.52. The van der Waals surface area contributed by atoms with Crippen molar-refractivity contribution in [3.63, 3.8) is 0 Å². The number of hydrogen-bond acceptors (Lipinski definition) is 4. The first-order chi connectivity index (χ1) is 12.5. The van der Waals surface area contributed by atoms with Gasteiger partial charge in [0, 0.05) is 16.9 Å². The van der Waals surface area contributed by atoms with Crippen LogP contribution in [0.3, 0.4) is 0 Å². The number of anilines is 1. The number of nitrogens with zero attached hydrogens (tertiary/aromatic N) is 2. The molecular formula is C19H17ClN4O2. The molecule has 2 amide bonds.